The molecule has 0 radical (unpaired) electrons. The molecular formula is C34H44Br2N6O3. The highest BCUT2D eigenvalue weighted by molar-refractivity contribution is 9.11. The number of benzene rings is 2. The van der Waals surface area contributed by atoms with E-state index >= 15 is 0 Å². The Kier molecular flexibility index (Phi) is 10.4. The normalized spacial score (nSPS) is 20.9. The van der Waals surface area contributed by atoms with Gasteiger partial charge in [0.15, 0.2) is 0 Å². The number of nitrogens with zero attached hydrogens (tertiary/aromatic N) is 4. The summed E-state index contributed by atoms with van der Waals surface area (Å²) >= 11 is 7.09. The fourth-order valence-corrected chi connectivity index (χ4v) is 8.84. The lowest BCUT2D eigenvalue weighted by Gasteiger charge is -2.41. The highest BCUT2D eigenvalue weighted by atomic mass is 79.9. The number of nitrogens with two attached hydrogens (primary N) is 1. The number of nitrogens with one attached hydrogen (secondary N) is 1. The molecule has 0 spiro atoms. The molecule has 45 heavy (non-hydrogen) atoms. The van der Waals surface area contributed by atoms with Gasteiger partial charge in [0.25, 0.3) is 0 Å². The molecule has 3 fully saturated rings. The van der Waals surface area contributed by atoms with Gasteiger partial charge in [-0.15, -0.1) is 0 Å². The number of piperidine rings is 3. The summed E-state index contributed by atoms with van der Waals surface area (Å²) in [5.41, 5.74) is 9.71. The fourth-order valence-electron chi connectivity index (χ4n) is 7.56. The van der Waals surface area contributed by atoms with Crippen LogP contribution in [0.4, 0.5) is 16.2 Å². The number of likely N-dealkylation sites (tertiary alicyclic amines) is 3. The van der Waals surface area contributed by atoms with Gasteiger partial charge in [0.1, 0.15) is 0 Å². The van der Waals surface area contributed by atoms with E-state index < -0.39 is 5.92 Å². The number of carbonyl (C=O) groups excluding carboxylic acids is 3. The molecule has 0 saturated carbocycles. The van der Waals surface area contributed by atoms with Crippen LogP contribution in [0, 0.1) is 5.92 Å². The summed E-state index contributed by atoms with van der Waals surface area (Å²) in [4.78, 5) is 49.1. The molecule has 1 unspecified atom stereocenters. The van der Waals surface area contributed by atoms with E-state index in [1.54, 1.807) is 0 Å². The maximum Gasteiger partial charge on any atom is 0.322 e. The van der Waals surface area contributed by atoms with E-state index in [0.29, 0.717) is 37.8 Å². The number of fused-ring (bicyclic) bond motifs is 1. The Labute approximate surface area is 283 Å². The Balaban J connectivity index is 1.09. The molecule has 0 bridgehead atoms. The Bertz CT molecular complexity index is 1380. The average Bonchev–Trinajstić information content (AvgIpc) is 3.06. The van der Waals surface area contributed by atoms with Crippen LogP contribution in [0.5, 0.6) is 0 Å². The Hall–Kier alpha value is -2.63. The molecule has 4 heterocycles. The van der Waals surface area contributed by atoms with Crippen LogP contribution < -0.4 is 11.1 Å². The number of amides is 4. The van der Waals surface area contributed by atoms with Gasteiger partial charge in [-0.1, -0.05) is 24.6 Å². The standard InChI is InChI=1S/C34H44Br2N6O3/c35-28-19-23(20-29(36)32(28)37)18-25(33(44)41-16-8-26(9-17-41)39-12-4-1-5-13-39)21-31(43)40-14-10-27(11-15-40)42-22-24-6-2-3-7-30(24)38-34(42)45/h2-3,6-7,19-20,25-27H,1,4-5,8-18,21-22,37H2,(H,38,45). The quantitative estimate of drug-likeness (QED) is 0.347. The molecule has 0 aromatic heterocycles. The maximum atomic E-state index is 14.1. The van der Waals surface area contributed by atoms with E-state index in [4.69, 9.17) is 5.73 Å². The average molecular weight is 745 g/mol. The molecule has 11 heteroatoms. The first-order valence-corrected chi connectivity index (χ1v) is 18.0. The maximum absolute atomic E-state index is 14.1. The molecule has 6 rings (SSSR count). The first-order valence-electron chi connectivity index (χ1n) is 16.5. The van der Waals surface area contributed by atoms with Gasteiger partial charge in [-0.3, -0.25) is 9.59 Å². The van der Waals surface area contributed by atoms with Crippen molar-refractivity contribution in [2.75, 3.05) is 50.3 Å². The van der Waals surface area contributed by atoms with Gasteiger partial charge in [-0.25, -0.2) is 4.79 Å². The Morgan fingerprint density at radius 3 is 2.18 bits per heavy atom. The van der Waals surface area contributed by atoms with E-state index in [2.05, 4.69) is 42.1 Å². The van der Waals surface area contributed by atoms with Crippen LogP contribution in [-0.2, 0) is 22.6 Å². The molecule has 3 N–H and O–H groups in total. The number of carbonyl (C=O) groups is 3. The molecule has 2 aromatic rings. The second kappa shape index (κ2) is 14.4. The highest BCUT2D eigenvalue weighted by Crippen LogP contribution is 2.33. The van der Waals surface area contributed by atoms with Gasteiger partial charge in [0.05, 0.1) is 11.6 Å². The van der Waals surface area contributed by atoms with Gasteiger partial charge in [0, 0.05) is 65.9 Å². The van der Waals surface area contributed by atoms with E-state index in [1.807, 2.05) is 51.1 Å². The van der Waals surface area contributed by atoms with Crippen molar-refractivity contribution in [2.24, 2.45) is 5.92 Å². The van der Waals surface area contributed by atoms with Crippen LogP contribution in [0.25, 0.3) is 0 Å². The zero-order valence-electron chi connectivity index (χ0n) is 25.9. The SMILES string of the molecule is Nc1c(Br)cc(CC(CC(=O)N2CCC(N3Cc4ccccc4NC3=O)CC2)C(=O)N2CCC(N3CCCCC3)CC2)cc1Br. The number of halogens is 2. The summed E-state index contributed by atoms with van der Waals surface area (Å²) in [6, 6.07) is 12.4. The minimum atomic E-state index is -0.450. The number of hydrogen-bond acceptors (Lipinski definition) is 5. The third-order valence-corrected chi connectivity index (χ3v) is 11.5. The second-order valence-electron chi connectivity index (χ2n) is 13.1. The molecule has 242 valence electrons. The van der Waals surface area contributed by atoms with Gasteiger partial charge in [0.2, 0.25) is 11.8 Å². The summed E-state index contributed by atoms with van der Waals surface area (Å²) in [5.74, 6) is -0.367. The molecule has 4 aliphatic heterocycles. The third kappa shape index (κ3) is 7.52. The first-order chi connectivity index (χ1) is 21.8. The summed E-state index contributed by atoms with van der Waals surface area (Å²) in [7, 11) is 0. The van der Waals surface area contributed by atoms with Crippen LogP contribution in [0.1, 0.15) is 62.5 Å². The third-order valence-electron chi connectivity index (χ3n) is 10.2. The summed E-state index contributed by atoms with van der Waals surface area (Å²) < 4.78 is 1.55. The molecular weight excluding hydrogens is 700 g/mol. The van der Waals surface area contributed by atoms with Crippen molar-refractivity contribution in [3.05, 3.63) is 56.5 Å². The topological polar surface area (TPSA) is 102 Å². The van der Waals surface area contributed by atoms with Crippen LogP contribution in [-0.4, -0.2) is 88.8 Å². The lowest BCUT2D eigenvalue weighted by Crippen LogP contribution is -2.52. The van der Waals surface area contributed by atoms with Crippen LogP contribution >= 0.6 is 31.9 Å². The summed E-state index contributed by atoms with van der Waals surface area (Å²) in [6.07, 6.45) is 7.94. The predicted octanol–water partition coefficient (Wildman–Crippen LogP) is 5.86. The molecule has 9 nitrogen and oxygen atoms in total. The van der Waals surface area contributed by atoms with Crippen molar-refractivity contribution in [1.82, 2.24) is 19.6 Å². The van der Waals surface area contributed by atoms with E-state index in [0.717, 1.165) is 64.5 Å². The van der Waals surface area contributed by atoms with Crippen LogP contribution in [0.15, 0.2) is 45.3 Å². The van der Waals surface area contributed by atoms with Crippen LogP contribution in [0.2, 0.25) is 0 Å². The second-order valence-corrected chi connectivity index (χ2v) is 14.8. The zero-order chi connectivity index (χ0) is 31.5. The largest absolute Gasteiger partial charge is 0.397 e. The van der Waals surface area contributed by atoms with Gasteiger partial charge < -0.3 is 30.7 Å². The van der Waals surface area contributed by atoms with Crippen molar-refractivity contribution < 1.29 is 14.4 Å². The highest BCUT2D eigenvalue weighted by Gasteiger charge is 2.36. The first kappa shape index (κ1) is 32.3. The van der Waals surface area contributed by atoms with E-state index in [1.165, 1.54) is 32.4 Å². The predicted molar refractivity (Wildman–Crippen MR) is 184 cm³/mol. The number of para-hydroxylation sites is 1. The van der Waals surface area contributed by atoms with Crippen molar-refractivity contribution in [1.29, 1.82) is 0 Å². The van der Waals surface area contributed by atoms with Gasteiger partial charge >= 0.3 is 6.03 Å². The number of urea groups is 1. The van der Waals surface area contributed by atoms with E-state index in [9.17, 15) is 14.4 Å². The monoisotopic (exact) mass is 742 g/mol. The molecule has 4 aliphatic rings. The Morgan fingerprint density at radius 1 is 0.867 bits per heavy atom. The van der Waals surface area contributed by atoms with Gasteiger partial charge in [-0.2, -0.15) is 0 Å². The van der Waals surface area contributed by atoms with Crippen molar-refractivity contribution in [3.8, 4) is 0 Å². The number of anilines is 2. The van der Waals surface area contributed by atoms with Crippen molar-refractivity contribution in [2.45, 2.75) is 76.4 Å². The molecule has 4 amide bonds. The van der Waals surface area contributed by atoms with E-state index in [-0.39, 0.29) is 30.3 Å². The number of hydrogen-bond donors (Lipinski definition) is 2. The summed E-state index contributed by atoms with van der Waals surface area (Å²) in [5, 5.41) is 3.01. The number of rotatable bonds is 7. The molecule has 2 aromatic carbocycles. The minimum Gasteiger partial charge on any atom is -0.397 e. The Morgan fingerprint density at radius 2 is 1.49 bits per heavy atom. The minimum absolute atomic E-state index is 0.0111. The molecule has 1 atom stereocenters. The fraction of sp³-hybridized carbons (Fsp3) is 0.559. The molecule has 3 saturated heterocycles. The zero-order valence-corrected chi connectivity index (χ0v) is 29.0. The molecule has 0 aliphatic carbocycles. The van der Waals surface area contributed by atoms with Gasteiger partial charge in [-0.05, 0) is 119 Å². The van der Waals surface area contributed by atoms with Crippen molar-refractivity contribution in [3.63, 3.8) is 0 Å². The van der Waals surface area contributed by atoms with Crippen LogP contribution in [0.3, 0.4) is 0 Å². The summed E-state index contributed by atoms with van der Waals surface area (Å²) in [6.45, 7) is 5.56. The number of nitrogen functional groups attached to an aromatic ring is 1. The smallest absolute Gasteiger partial charge is 0.322 e. The lowest BCUT2D eigenvalue weighted by atomic mass is 9.91. The van der Waals surface area contributed by atoms with Crippen molar-refractivity contribution >= 4 is 61.1 Å². The lowest BCUT2D eigenvalue weighted by molar-refractivity contribution is -0.143.